The second-order valence-electron chi connectivity index (χ2n) is 25.0. The fourth-order valence-corrected chi connectivity index (χ4v) is 10.1. The van der Waals surface area contributed by atoms with Gasteiger partial charge in [0.15, 0.2) is 69.8 Å². The van der Waals surface area contributed by atoms with Gasteiger partial charge in [-0.15, -0.1) is 21.9 Å². The van der Waals surface area contributed by atoms with Crippen molar-refractivity contribution in [2.24, 2.45) is 0 Å². The minimum absolute atomic E-state index is 0. The number of benzene rings is 6. The van der Waals surface area contributed by atoms with E-state index in [1.165, 1.54) is 0 Å². The Labute approximate surface area is 511 Å². The molecule has 0 aliphatic rings. The van der Waals surface area contributed by atoms with Crippen LogP contribution in [-0.4, -0.2) is 26.1 Å². The molecule has 0 amide bonds. The molecule has 0 saturated carbocycles. The zero-order chi connectivity index (χ0) is 66.6. The summed E-state index contributed by atoms with van der Waals surface area (Å²) in [6.07, 6.45) is -7.22. The number of hydrogen-bond donors (Lipinski definition) is 0. The van der Waals surface area contributed by atoms with Crippen molar-refractivity contribution in [2.45, 2.75) is 105 Å². The SMILES string of the molecule is CC(C)(C)c1ccc2ccc3ccc(C(C)(C)C)nc3c2n1.CC(C)(C)c1ccc2ccc3ccc(C(C)(C)C)nc3c2n1.Fc1c(F)c(F)c([B-](c2c(F)c(F)c(F)c(F)c2F)(c2c(F)c(F)c(F)c(F)c2F)c2c(F)c(F)c(F)c(F)c2F)c(F)c1F.[Cu+]. The monoisotopic (exact) mass is 1330 g/mol. The molecule has 90 heavy (non-hydrogen) atoms. The molecule has 0 radical (unpaired) electrons. The molecule has 0 fully saturated rings. The van der Waals surface area contributed by atoms with E-state index < -0.39 is 144 Å². The summed E-state index contributed by atoms with van der Waals surface area (Å²) >= 11 is 0. The molecule has 0 atom stereocenters. The number of aromatic nitrogens is 4. The van der Waals surface area contributed by atoms with Crippen LogP contribution in [0.25, 0.3) is 43.6 Å². The van der Waals surface area contributed by atoms with Gasteiger partial charge in [-0.2, -0.15) is 0 Å². The number of nitrogens with zero attached hydrogens (tertiary/aromatic N) is 4. The van der Waals surface area contributed by atoms with Gasteiger partial charge in [0.2, 0.25) is 0 Å². The molecule has 4 nitrogen and oxygen atoms in total. The molecule has 10 rings (SSSR count). The average molecular weight is 1330 g/mol. The second-order valence-corrected chi connectivity index (χ2v) is 25.0. The fraction of sp³-hybridized carbons (Fsp3) is 0.250. The van der Waals surface area contributed by atoms with Crippen LogP contribution in [0.15, 0.2) is 72.8 Å². The third-order valence-electron chi connectivity index (χ3n) is 14.8. The summed E-state index contributed by atoms with van der Waals surface area (Å²) in [6, 6.07) is 25.7. The first-order chi connectivity index (χ1) is 41.0. The summed E-state index contributed by atoms with van der Waals surface area (Å²) in [5.41, 5.74) is -5.70. The third kappa shape index (κ3) is 11.8. The summed E-state index contributed by atoms with van der Waals surface area (Å²) in [6.45, 7) is 26.3. The Bertz CT molecular complexity index is 3880. The van der Waals surface area contributed by atoms with E-state index in [-0.39, 0.29) is 38.7 Å². The largest absolute Gasteiger partial charge is 1.00 e. The quantitative estimate of drug-likeness (QED) is 0.0579. The van der Waals surface area contributed by atoms with E-state index >= 15 is 35.1 Å². The molecule has 0 unspecified atom stereocenters. The van der Waals surface area contributed by atoms with Gasteiger partial charge in [0.25, 0.3) is 0 Å². The molecular formula is C64H48BCuF20N4. The number of halogens is 20. The van der Waals surface area contributed by atoms with Crippen LogP contribution in [0.5, 0.6) is 0 Å². The van der Waals surface area contributed by atoms with Crippen molar-refractivity contribution in [3.8, 4) is 0 Å². The summed E-state index contributed by atoms with van der Waals surface area (Å²) in [5, 5.41) is 4.61. The van der Waals surface area contributed by atoms with E-state index in [0.29, 0.717) is 0 Å². The summed E-state index contributed by atoms with van der Waals surface area (Å²) in [4.78, 5) is 19.7. The number of rotatable bonds is 4. The Morgan fingerprint density at radius 3 is 0.467 bits per heavy atom. The van der Waals surface area contributed by atoms with Crippen LogP contribution in [0, 0.1) is 116 Å². The summed E-state index contributed by atoms with van der Waals surface area (Å²) < 4.78 is 294. The van der Waals surface area contributed by atoms with Gasteiger partial charge in [-0.25, -0.2) is 108 Å². The molecule has 0 N–H and O–H groups in total. The number of hydrogen-bond acceptors (Lipinski definition) is 4. The Kier molecular flexibility index (Phi) is 18.9. The van der Waals surface area contributed by atoms with Gasteiger partial charge in [0, 0.05) is 66.0 Å². The van der Waals surface area contributed by atoms with Crippen LogP contribution in [0.2, 0.25) is 0 Å². The molecule has 0 bridgehead atoms. The second kappa shape index (κ2) is 24.4. The van der Waals surface area contributed by atoms with Gasteiger partial charge in [-0.05, 0) is 24.3 Å². The fourth-order valence-electron chi connectivity index (χ4n) is 10.1. The maximum atomic E-state index is 15.4. The molecule has 0 saturated heterocycles. The number of fused-ring (bicyclic) bond motifs is 6. The van der Waals surface area contributed by atoms with Gasteiger partial charge in [0.05, 0.1) is 22.1 Å². The van der Waals surface area contributed by atoms with Crippen LogP contribution in [0.3, 0.4) is 0 Å². The predicted molar refractivity (Wildman–Crippen MR) is 298 cm³/mol. The van der Waals surface area contributed by atoms with Crippen molar-refractivity contribution in [3.63, 3.8) is 0 Å². The Morgan fingerprint density at radius 2 is 0.333 bits per heavy atom. The molecule has 478 valence electrons. The van der Waals surface area contributed by atoms with E-state index in [4.69, 9.17) is 19.9 Å². The Balaban J connectivity index is 0.000000213. The molecule has 0 spiro atoms. The summed E-state index contributed by atoms with van der Waals surface area (Å²) in [5.74, 6) is -71.4. The first-order valence-electron chi connectivity index (χ1n) is 26.7. The maximum absolute atomic E-state index is 15.4. The van der Waals surface area contributed by atoms with E-state index in [1.807, 2.05) is 0 Å². The van der Waals surface area contributed by atoms with E-state index in [1.54, 1.807) is 0 Å². The zero-order valence-corrected chi connectivity index (χ0v) is 50.1. The first kappa shape index (κ1) is 69.6. The molecule has 0 aliphatic heterocycles. The smallest absolute Gasteiger partial charge is 0.250 e. The first-order valence-corrected chi connectivity index (χ1v) is 26.7. The Hall–Kier alpha value is -7.86. The topological polar surface area (TPSA) is 51.6 Å². The van der Waals surface area contributed by atoms with Crippen LogP contribution in [0.1, 0.15) is 106 Å². The average Bonchev–Trinajstić information content (AvgIpc) is 0.683. The van der Waals surface area contributed by atoms with Gasteiger partial charge in [-0.1, -0.05) is 132 Å². The van der Waals surface area contributed by atoms with Crippen LogP contribution in [-0.2, 0) is 38.7 Å². The third-order valence-corrected chi connectivity index (χ3v) is 14.8. The maximum Gasteiger partial charge on any atom is 1.00 e. The predicted octanol–water partition coefficient (Wildman–Crippen LogP) is 16.6. The van der Waals surface area contributed by atoms with Crippen LogP contribution < -0.4 is 21.9 Å². The van der Waals surface area contributed by atoms with Crippen LogP contribution >= 0.6 is 0 Å². The molecule has 26 heteroatoms. The molecular weight excluding hydrogens is 1280 g/mol. The van der Waals surface area contributed by atoms with Crippen molar-refractivity contribution in [1.82, 2.24) is 19.9 Å². The van der Waals surface area contributed by atoms with Crippen molar-refractivity contribution < 1.29 is 105 Å². The molecule has 4 aromatic heterocycles. The van der Waals surface area contributed by atoms with E-state index in [9.17, 15) is 52.7 Å². The van der Waals surface area contributed by atoms with Crippen molar-refractivity contribution >= 4 is 71.6 Å². The van der Waals surface area contributed by atoms with E-state index in [0.717, 1.165) is 66.4 Å². The van der Waals surface area contributed by atoms with Gasteiger partial charge >= 0.3 is 17.1 Å². The number of pyridine rings is 4. The molecule has 6 aromatic carbocycles. The van der Waals surface area contributed by atoms with Crippen molar-refractivity contribution in [1.29, 1.82) is 0 Å². The normalized spacial score (nSPS) is 12.4. The van der Waals surface area contributed by atoms with Gasteiger partial charge in [0.1, 0.15) is 52.7 Å². The van der Waals surface area contributed by atoms with E-state index in [2.05, 4.69) is 156 Å². The summed E-state index contributed by atoms with van der Waals surface area (Å²) in [7, 11) is 0. The minimum Gasteiger partial charge on any atom is -0.250 e. The van der Waals surface area contributed by atoms with Crippen molar-refractivity contribution in [2.75, 3.05) is 0 Å². The van der Waals surface area contributed by atoms with Gasteiger partial charge in [-0.3, -0.25) is 0 Å². The zero-order valence-electron chi connectivity index (χ0n) is 49.2. The molecule has 0 aliphatic carbocycles. The van der Waals surface area contributed by atoms with Gasteiger partial charge < -0.3 is 0 Å². The van der Waals surface area contributed by atoms with Crippen LogP contribution in [0.4, 0.5) is 87.8 Å². The molecule has 10 aromatic rings. The Morgan fingerprint density at radius 1 is 0.211 bits per heavy atom. The minimum atomic E-state index is -7.22. The molecule has 4 heterocycles. The van der Waals surface area contributed by atoms with Crippen molar-refractivity contribution in [3.05, 3.63) is 212 Å². The standard InChI is InChI=1S/C24BF20.2C20H24N2.Cu/c26-5-1(6(27)14(35)21(42)13(5)34)25(2-7(28)15(36)22(43)16(37)8(2)29,3-9(30)17(38)23(44)18(39)10(3)31)4-11(32)19(40)24(45)20(41)12(4)33;2*1-19(2,3)15-11-9-13-7-8-14-10-12-16(20(4,5)6)22-18(14)17(13)21-15;/h;2*7-12H,1-6H3;/q-1;;;+1.